The lowest BCUT2D eigenvalue weighted by Gasteiger charge is -2.14. The van der Waals surface area contributed by atoms with Crippen LogP contribution < -0.4 is 0 Å². The first-order valence-electron chi connectivity index (χ1n) is 3.22. The van der Waals surface area contributed by atoms with E-state index in [1.54, 1.807) is 6.08 Å². The van der Waals surface area contributed by atoms with Gasteiger partial charge in [0.25, 0.3) is 0 Å². The van der Waals surface area contributed by atoms with E-state index in [2.05, 4.69) is 12.5 Å². The zero-order valence-electron chi connectivity index (χ0n) is 6.08. The number of aliphatic hydroxyl groups is 1. The average Bonchev–Trinajstić information content (AvgIpc) is 1.90. The van der Waals surface area contributed by atoms with E-state index < -0.39 is 0 Å². The van der Waals surface area contributed by atoms with Gasteiger partial charge in [0.05, 0.1) is 13.2 Å². The maximum absolute atomic E-state index is 8.55. The molecule has 2 nitrogen and oxygen atoms in total. The fourth-order valence-electron chi connectivity index (χ4n) is 0.688. The maximum atomic E-state index is 8.55. The lowest BCUT2D eigenvalue weighted by atomic mass is 10.4. The van der Waals surface area contributed by atoms with Crippen molar-refractivity contribution in [1.82, 2.24) is 4.90 Å². The van der Waals surface area contributed by atoms with Crippen molar-refractivity contribution in [2.45, 2.75) is 0 Å². The Morgan fingerprint density at radius 1 is 1.70 bits per heavy atom. The fraction of sp³-hybridized carbons (Fsp3) is 0.500. The van der Waals surface area contributed by atoms with Crippen molar-refractivity contribution < 1.29 is 5.11 Å². The number of nitrogens with zero attached hydrogens (tertiary/aromatic N) is 1. The molecule has 0 aliphatic heterocycles. The molecule has 10 heavy (non-hydrogen) atoms. The second-order valence-corrected chi connectivity index (χ2v) is 1.95. The number of terminal acetylenes is 1. The van der Waals surface area contributed by atoms with Crippen molar-refractivity contribution in [1.29, 1.82) is 0 Å². The molecule has 0 saturated carbocycles. The van der Waals surface area contributed by atoms with Crippen LogP contribution in [-0.2, 0) is 0 Å². The largest absolute Gasteiger partial charge is 0.395 e. The summed E-state index contributed by atoms with van der Waals surface area (Å²) in [5.74, 6) is 2.50. The third-order valence-electron chi connectivity index (χ3n) is 1.12. The Labute approximate surface area is 62.2 Å². The van der Waals surface area contributed by atoms with Gasteiger partial charge in [0.15, 0.2) is 0 Å². The van der Waals surface area contributed by atoms with Gasteiger partial charge in [-0.3, -0.25) is 4.90 Å². The Hall–Kier alpha value is -0.780. The summed E-state index contributed by atoms with van der Waals surface area (Å²) in [5, 5.41) is 8.55. The van der Waals surface area contributed by atoms with Gasteiger partial charge in [-0.15, -0.1) is 13.0 Å². The van der Waals surface area contributed by atoms with Crippen molar-refractivity contribution in [3.05, 3.63) is 12.7 Å². The quantitative estimate of drug-likeness (QED) is 0.431. The Bertz CT molecular complexity index is 126. The van der Waals surface area contributed by atoms with Gasteiger partial charge in [-0.25, -0.2) is 0 Å². The molecule has 0 aliphatic carbocycles. The van der Waals surface area contributed by atoms with Gasteiger partial charge >= 0.3 is 0 Å². The highest BCUT2D eigenvalue weighted by atomic mass is 16.3. The number of hydrogen-bond donors (Lipinski definition) is 1. The summed E-state index contributed by atoms with van der Waals surface area (Å²) in [5.41, 5.74) is 0. The van der Waals surface area contributed by atoms with Crippen LogP contribution in [0.5, 0.6) is 0 Å². The van der Waals surface area contributed by atoms with Crippen LogP contribution in [0, 0.1) is 12.3 Å². The predicted octanol–water partition coefficient (Wildman–Crippen LogP) is 0.0999. The summed E-state index contributed by atoms with van der Waals surface area (Å²) in [6.45, 7) is 5.66. The summed E-state index contributed by atoms with van der Waals surface area (Å²) in [4.78, 5) is 1.94. The standard InChI is InChI=1S/C8H13NO/c1-3-5-9(6-4-2)7-8-10/h1,4,10H,2,5-8H2. The lowest BCUT2D eigenvalue weighted by molar-refractivity contribution is 0.222. The Morgan fingerprint density at radius 2 is 2.40 bits per heavy atom. The zero-order valence-corrected chi connectivity index (χ0v) is 6.08. The van der Waals surface area contributed by atoms with Crippen LogP contribution in [0.15, 0.2) is 12.7 Å². The maximum Gasteiger partial charge on any atom is 0.0602 e. The van der Waals surface area contributed by atoms with Crippen LogP contribution in [0.4, 0.5) is 0 Å². The van der Waals surface area contributed by atoms with Crippen molar-refractivity contribution >= 4 is 0 Å². The lowest BCUT2D eigenvalue weighted by Crippen LogP contribution is -2.27. The molecular weight excluding hydrogens is 126 g/mol. The smallest absolute Gasteiger partial charge is 0.0602 e. The second-order valence-electron chi connectivity index (χ2n) is 1.95. The average molecular weight is 139 g/mol. The first-order valence-corrected chi connectivity index (χ1v) is 3.22. The fourth-order valence-corrected chi connectivity index (χ4v) is 0.688. The van der Waals surface area contributed by atoms with Crippen LogP contribution >= 0.6 is 0 Å². The highest BCUT2D eigenvalue weighted by Crippen LogP contribution is 1.85. The number of aliphatic hydroxyl groups excluding tert-OH is 1. The Balaban J connectivity index is 3.51. The summed E-state index contributed by atoms with van der Waals surface area (Å²) >= 11 is 0. The van der Waals surface area contributed by atoms with Crippen LogP contribution in [0.3, 0.4) is 0 Å². The Kier molecular flexibility index (Phi) is 5.85. The molecule has 1 N–H and O–H groups in total. The predicted molar refractivity (Wildman–Crippen MR) is 42.6 cm³/mol. The third-order valence-corrected chi connectivity index (χ3v) is 1.12. The first-order chi connectivity index (χ1) is 4.85. The molecule has 0 aromatic rings. The number of hydrogen-bond acceptors (Lipinski definition) is 2. The second kappa shape index (κ2) is 6.34. The SMILES string of the molecule is C#CCN(CC=C)CCO. The highest BCUT2D eigenvalue weighted by molar-refractivity contribution is 4.89. The van der Waals surface area contributed by atoms with Crippen LogP contribution in [-0.4, -0.2) is 36.2 Å². The summed E-state index contributed by atoms with van der Waals surface area (Å²) in [6, 6.07) is 0. The summed E-state index contributed by atoms with van der Waals surface area (Å²) in [6.07, 6.45) is 6.85. The van der Waals surface area contributed by atoms with Crippen LogP contribution in [0.2, 0.25) is 0 Å². The third kappa shape index (κ3) is 4.13. The van der Waals surface area contributed by atoms with E-state index in [4.69, 9.17) is 11.5 Å². The molecule has 0 radical (unpaired) electrons. The molecule has 0 rings (SSSR count). The van der Waals surface area contributed by atoms with E-state index >= 15 is 0 Å². The van der Waals surface area contributed by atoms with E-state index in [0.717, 1.165) is 6.54 Å². The summed E-state index contributed by atoms with van der Waals surface area (Å²) < 4.78 is 0. The molecule has 0 heterocycles. The van der Waals surface area contributed by atoms with E-state index in [-0.39, 0.29) is 6.61 Å². The monoisotopic (exact) mass is 139 g/mol. The van der Waals surface area contributed by atoms with E-state index in [1.165, 1.54) is 0 Å². The van der Waals surface area contributed by atoms with Gasteiger partial charge in [-0.1, -0.05) is 12.0 Å². The van der Waals surface area contributed by atoms with Crippen LogP contribution in [0.1, 0.15) is 0 Å². The zero-order chi connectivity index (χ0) is 7.82. The molecule has 0 aliphatic rings. The molecule has 0 aromatic heterocycles. The van der Waals surface area contributed by atoms with Gasteiger partial charge in [0, 0.05) is 13.1 Å². The molecule has 0 bridgehead atoms. The van der Waals surface area contributed by atoms with Crippen molar-refractivity contribution in [3.63, 3.8) is 0 Å². The minimum atomic E-state index is 0.148. The van der Waals surface area contributed by atoms with Crippen molar-refractivity contribution in [3.8, 4) is 12.3 Å². The van der Waals surface area contributed by atoms with Crippen LogP contribution in [0.25, 0.3) is 0 Å². The molecule has 0 unspecified atom stereocenters. The molecule has 2 heteroatoms. The first kappa shape index (κ1) is 9.22. The van der Waals surface area contributed by atoms with E-state index in [0.29, 0.717) is 13.1 Å². The van der Waals surface area contributed by atoms with Gasteiger partial charge in [-0.2, -0.15) is 0 Å². The van der Waals surface area contributed by atoms with E-state index in [9.17, 15) is 0 Å². The minimum Gasteiger partial charge on any atom is -0.395 e. The molecule has 0 amide bonds. The molecule has 0 fully saturated rings. The molecule has 0 saturated heterocycles. The Morgan fingerprint density at radius 3 is 2.80 bits per heavy atom. The van der Waals surface area contributed by atoms with Gasteiger partial charge in [0.2, 0.25) is 0 Å². The summed E-state index contributed by atoms with van der Waals surface area (Å²) in [7, 11) is 0. The molecule has 0 atom stereocenters. The normalized spacial score (nSPS) is 9.30. The topological polar surface area (TPSA) is 23.5 Å². The van der Waals surface area contributed by atoms with Crippen molar-refractivity contribution in [2.75, 3.05) is 26.2 Å². The molecule has 0 spiro atoms. The minimum absolute atomic E-state index is 0.148. The van der Waals surface area contributed by atoms with Gasteiger partial charge < -0.3 is 5.11 Å². The molecule has 0 aromatic carbocycles. The van der Waals surface area contributed by atoms with Gasteiger partial charge in [0.1, 0.15) is 0 Å². The highest BCUT2D eigenvalue weighted by Gasteiger charge is 1.96. The van der Waals surface area contributed by atoms with Crippen molar-refractivity contribution in [2.24, 2.45) is 0 Å². The molecular formula is C8H13NO. The van der Waals surface area contributed by atoms with Gasteiger partial charge in [-0.05, 0) is 0 Å². The molecule has 56 valence electrons. The number of rotatable bonds is 5. The van der Waals surface area contributed by atoms with E-state index in [1.807, 2.05) is 4.90 Å².